The Morgan fingerprint density at radius 3 is 2.74 bits per heavy atom. The number of rotatable bonds is 6. The van der Waals surface area contributed by atoms with Gasteiger partial charge in [0.1, 0.15) is 0 Å². The van der Waals surface area contributed by atoms with E-state index in [1.807, 2.05) is 0 Å². The number of halogens is 1. The van der Waals surface area contributed by atoms with Crippen LogP contribution >= 0.6 is 11.6 Å². The zero-order chi connectivity index (χ0) is 14.5. The molecule has 0 aliphatic rings. The van der Waals surface area contributed by atoms with Crippen molar-refractivity contribution in [2.75, 3.05) is 24.9 Å². The number of ether oxygens (including phenoxy) is 1. The maximum atomic E-state index is 12.0. The van der Waals surface area contributed by atoms with Crippen LogP contribution in [0.5, 0.6) is 0 Å². The van der Waals surface area contributed by atoms with Crippen LogP contribution in [0.25, 0.3) is 0 Å². The van der Waals surface area contributed by atoms with Crippen molar-refractivity contribution >= 4 is 23.2 Å². The number of carbonyl (C=O) groups excluding carboxylic acids is 1. The summed E-state index contributed by atoms with van der Waals surface area (Å²) in [5.41, 5.74) is -0.222. The van der Waals surface area contributed by atoms with Crippen molar-refractivity contribution in [3.05, 3.63) is 28.7 Å². The molecule has 1 aromatic heterocycles. The van der Waals surface area contributed by atoms with Gasteiger partial charge in [-0.3, -0.25) is 9.59 Å². The monoisotopic (exact) mass is 286 g/mol. The SMILES string of the molecule is COCCn1cc(NC(=O)C(C)(C)CCl)ccc1=O. The number of pyridine rings is 1. The number of amides is 1. The van der Waals surface area contributed by atoms with Gasteiger partial charge in [-0.2, -0.15) is 0 Å². The van der Waals surface area contributed by atoms with Crippen LogP contribution in [0, 0.1) is 5.41 Å². The van der Waals surface area contributed by atoms with Crippen LogP contribution in [0.2, 0.25) is 0 Å². The lowest BCUT2D eigenvalue weighted by Gasteiger charge is -2.20. The molecule has 1 amide bonds. The number of carbonyl (C=O) groups is 1. The van der Waals surface area contributed by atoms with Gasteiger partial charge in [0.2, 0.25) is 5.91 Å². The Bertz CT molecular complexity index is 497. The van der Waals surface area contributed by atoms with Gasteiger partial charge < -0.3 is 14.6 Å². The lowest BCUT2D eigenvalue weighted by molar-refractivity contribution is -0.122. The molecule has 0 spiro atoms. The second kappa shape index (κ2) is 6.73. The van der Waals surface area contributed by atoms with Crippen LogP contribution < -0.4 is 10.9 Å². The molecule has 0 bridgehead atoms. The van der Waals surface area contributed by atoms with E-state index in [1.165, 1.54) is 10.6 Å². The van der Waals surface area contributed by atoms with E-state index in [1.54, 1.807) is 33.2 Å². The first-order valence-corrected chi connectivity index (χ1v) is 6.51. The highest BCUT2D eigenvalue weighted by atomic mass is 35.5. The number of hydrogen-bond donors (Lipinski definition) is 1. The van der Waals surface area contributed by atoms with E-state index in [-0.39, 0.29) is 17.3 Å². The molecule has 0 radical (unpaired) electrons. The number of hydrogen-bond acceptors (Lipinski definition) is 3. The molecule has 19 heavy (non-hydrogen) atoms. The second-order valence-electron chi connectivity index (χ2n) is 4.91. The molecular weight excluding hydrogens is 268 g/mol. The Hall–Kier alpha value is -1.33. The molecule has 0 aliphatic carbocycles. The summed E-state index contributed by atoms with van der Waals surface area (Å²) in [5.74, 6) is 0.0433. The van der Waals surface area contributed by atoms with Crippen LogP contribution in [0.1, 0.15) is 13.8 Å². The zero-order valence-electron chi connectivity index (χ0n) is 11.4. The summed E-state index contributed by atoms with van der Waals surface area (Å²) in [6.45, 7) is 4.40. The number of aromatic nitrogens is 1. The van der Waals surface area contributed by atoms with Crippen molar-refractivity contribution in [3.8, 4) is 0 Å². The summed E-state index contributed by atoms with van der Waals surface area (Å²) < 4.78 is 6.42. The van der Waals surface area contributed by atoms with Gasteiger partial charge in [0.05, 0.1) is 17.7 Å². The highest BCUT2D eigenvalue weighted by molar-refractivity contribution is 6.20. The maximum Gasteiger partial charge on any atom is 0.250 e. The third-order valence-electron chi connectivity index (χ3n) is 2.73. The third kappa shape index (κ3) is 4.36. The predicted octanol–water partition coefficient (Wildman–Crippen LogP) is 1.70. The summed E-state index contributed by atoms with van der Waals surface area (Å²) in [6.07, 6.45) is 1.60. The van der Waals surface area contributed by atoms with Crippen molar-refractivity contribution in [1.82, 2.24) is 4.57 Å². The number of nitrogens with one attached hydrogen (secondary N) is 1. The van der Waals surface area contributed by atoms with E-state index in [4.69, 9.17) is 16.3 Å². The highest BCUT2D eigenvalue weighted by Gasteiger charge is 2.26. The fourth-order valence-corrected chi connectivity index (χ4v) is 1.45. The average Bonchev–Trinajstić information content (AvgIpc) is 2.39. The van der Waals surface area contributed by atoms with Gasteiger partial charge in [0.25, 0.3) is 5.56 Å². The third-order valence-corrected chi connectivity index (χ3v) is 3.39. The molecule has 0 unspecified atom stereocenters. The van der Waals surface area contributed by atoms with E-state index in [0.29, 0.717) is 18.8 Å². The fourth-order valence-electron chi connectivity index (χ4n) is 1.33. The van der Waals surface area contributed by atoms with Gasteiger partial charge >= 0.3 is 0 Å². The molecule has 1 rings (SSSR count). The first-order valence-electron chi connectivity index (χ1n) is 5.97. The molecule has 0 saturated heterocycles. The van der Waals surface area contributed by atoms with Crippen LogP contribution in [-0.4, -0.2) is 30.1 Å². The summed E-state index contributed by atoms with van der Waals surface area (Å²) in [6, 6.07) is 2.99. The Labute approximate surface area is 117 Å². The first kappa shape index (κ1) is 15.7. The Morgan fingerprint density at radius 1 is 1.47 bits per heavy atom. The minimum atomic E-state index is -0.658. The highest BCUT2D eigenvalue weighted by Crippen LogP contribution is 2.19. The van der Waals surface area contributed by atoms with Gasteiger partial charge in [0.15, 0.2) is 0 Å². The van der Waals surface area contributed by atoms with E-state index < -0.39 is 5.41 Å². The van der Waals surface area contributed by atoms with E-state index in [9.17, 15) is 9.59 Å². The van der Waals surface area contributed by atoms with E-state index >= 15 is 0 Å². The lowest BCUT2D eigenvalue weighted by atomic mass is 9.95. The molecule has 0 aliphatic heterocycles. The van der Waals surface area contributed by atoms with Crippen molar-refractivity contribution in [1.29, 1.82) is 0 Å². The predicted molar refractivity (Wildman–Crippen MR) is 75.7 cm³/mol. The average molecular weight is 287 g/mol. The molecule has 6 heteroatoms. The maximum absolute atomic E-state index is 12.0. The largest absolute Gasteiger partial charge is 0.383 e. The molecule has 106 valence electrons. The van der Waals surface area contributed by atoms with Gasteiger partial charge in [-0.15, -0.1) is 11.6 Å². The minimum absolute atomic E-state index is 0.133. The number of alkyl halides is 1. The second-order valence-corrected chi connectivity index (χ2v) is 5.18. The normalized spacial score (nSPS) is 11.4. The van der Waals surface area contributed by atoms with Gasteiger partial charge in [-0.05, 0) is 19.9 Å². The van der Waals surface area contributed by atoms with E-state index in [0.717, 1.165) is 0 Å². The molecular formula is C13H19ClN2O3. The Kier molecular flexibility index (Phi) is 5.57. The van der Waals surface area contributed by atoms with Gasteiger partial charge in [-0.25, -0.2) is 0 Å². The lowest BCUT2D eigenvalue weighted by Crippen LogP contribution is -2.32. The summed E-state index contributed by atoms with van der Waals surface area (Å²) in [5, 5.41) is 2.75. The fraction of sp³-hybridized carbons (Fsp3) is 0.538. The quantitative estimate of drug-likeness (QED) is 0.810. The zero-order valence-corrected chi connectivity index (χ0v) is 12.2. The Morgan fingerprint density at radius 2 is 2.16 bits per heavy atom. The van der Waals surface area contributed by atoms with E-state index in [2.05, 4.69) is 5.32 Å². The van der Waals surface area contributed by atoms with Crippen LogP contribution in [0.15, 0.2) is 23.1 Å². The van der Waals surface area contributed by atoms with Crippen LogP contribution in [-0.2, 0) is 16.1 Å². The van der Waals surface area contributed by atoms with Crippen molar-refractivity contribution < 1.29 is 9.53 Å². The number of nitrogens with zero attached hydrogens (tertiary/aromatic N) is 1. The van der Waals surface area contributed by atoms with Crippen molar-refractivity contribution in [3.63, 3.8) is 0 Å². The number of methoxy groups -OCH3 is 1. The molecule has 5 nitrogen and oxygen atoms in total. The molecule has 0 aromatic carbocycles. The van der Waals surface area contributed by atoms with Crippen LogP contribution in [0.3, 0.4) is 0 Å². The van der Waals surface area contributed by atoms with Gasteiger partial charge in [-0.1, -0.05) is 0 Å². The number of anilines is 1. The smallest absolute Gasteiger partial charge is 0.250 e. The molecule has 1 N–H and O–H groups in total. The van der Waals surface area contributed by atoms with Crippen LogP contribution in [0.4, 0.5) is 5.69 Å². The van der Waals surface area contributed by atoms with Crippen molar-refractivity contribution in [2.24, 2.45) is 5.41 Å². The standard InChI is InChI=1S/C13H19ClN2O3/c1-13(2,9-14)12(18)15-10-4-5-11(17)16(8-10)6-7-19-3/h4-5,8H,6-7,9H2,1-3H3,(H,15,18). The molecule has 1 aromatic rings. The molecule has 1 heterocycles. The summed E-state index contributed by atoms with van der Waals surface area (Å²) in [7, 11) is 1.57. The molecule has 0 fully saturated rings. The topological polar surface area (TPSA) is 60.3 Å². The Balaban J connectivity index is 2.85. The molecule has 0 atom stereocenters. The van der Waals surface area contributed by atoms with Crippen molar-refractivity contribution in [2.45, 2.75) is 20.4 Å². The summed E-state index contributed by atoms with van der Waals surface area (Å²) >= 11 is 5.75. The minimum Gasteiger partial charge on any atom is -0.383 e. The van der Waals surface area contributed by atoms with Gasteiger partial charge in [0, 0.05) is 31.8 Å². The first-order chi connectivity index (χ1) is 8.90. The summed E-state index contributed by atoms with van der Waals surface area (Å²) in [4.78, 5) is 23.6. The molecule has 0 saturated carbocycles.